The second-order valence-electron chi connectivity index (χ2n) is 7.23. The molecule has 7 heteroatoms. The minimum Gasteiger partial charge on any atom is -0.381 e. The van der Waals surface area contributed by atoms with Crippen LogP contribution in [0.1, 0.15) is 31.2 Å². The SMILES string of the molecule is O=C(NCCc1ccccc1F)C1CCN(C(=O)NC2CCOCC2)CC1. The molecule has 148 valence electrons. The van der Waals surface area contributed by atoms with Crippen LogP contribution in [-0.2, 0) is 16.0 Å². The Hall–Kier alpha value is -2.15. The van der Waals surface area contributed by atoms with Crippen molar-refractivity contribution < 1.29 is 18.7 Å². The monoisotopic (exact) mass is 377 g/mol. The molecule has 0 bridgehead atoms. The van der Waals surface area contributed by atoms with Gasteiger partial charge in [-0.1, -0.05) is 18.2 Å². The van der Waals surface area contributed by atoms with Gasteiger partial charge in [-0.25, -0.2) is 9.18 Å². The first-order chi connectivity index (χ1) is 13.1. The predicted octanol–water partition coefficient (Wildman–Crippen LogP) is 2.08. The van der Waals surface area contributed by atoms with Crippen LogP contribution in [-0.4, -0.2) is 55.7 Å². The van der Waals surface area contributed by atoms with Crippen LogP contribution in [0.25, 0.3) is 0 Å². The summed E-state index contributed by atoms with van der Waals surface area (Å²) in [6, 6.07) is 6.76. The Morgan fingerprint density at radius 2 is 1.81 bits per heavy atom. The van der Waals surface area contributed by atoms with Crippen molar-refractivity contribution in [3.63, 3.8) is 0 Å². The number of nitrogens with zero attached hydrogens (tertiary/aromatic N) is 1. The smallest absolute Gasteiger partial charge is 0.317 e. The van der Waals surface area contributed by atoms with Gasteiger partial charge < -0.3 is 20.3 Å². The molecule has 0 aromatic heterocycles. The average Bonchev–Trinajstić information content (AvgIpc) is 2.70. The molecule has 2 N–H and O–H groups in total. The van der Waals surface area contributed by atoms with Crippen molar-refractivity contribution in [3.8, 4) is 0 Å². The van der Waals surface area contributed by atoms with E-state index in [9.17, 15) is 14.0 Å². The Bertz CT molecular complexity index is 641. The minimum absolute atomic E-state index is 0.00386. The standard InChI is InChI=1S/C20H28FN3O3/c21-18-4-2-1-3-15(18)5-10-22-19(25)16-6-11-24(12-7-16)20(26)23-17-8-13-27-14-9-17/h1-4,16-17H,5-14H2,(H,22,25)(H,23,26). The van der Waals surface area contributed by atoms with Gasteiger partial charge in [0.05, 0.1) is 0 Å². The number of piperidine rings is 1. The molecule has 0 atom stereocenters. The first kappa shape index (κ1) is 19.6. The third-order valence-electron chi connectivity index (χ3n) is 5.35. The van der Waals surface area contributed by atoms with Gasteiger partial charge in [-0.2, -0.15) is 0 Å². The maximum absolute atomic E-state index is 13.6. The first-order valence-electron chi connectivity index (χ1n) is 9.78. The number of ether oxygens (including phenoxy) is 1. The molecular weight excluding hydrogens is 349 g/mol. The summed E-state index contributed by atoms with van der Waals surface area (Å²) in [4.78, 5) is 26.5. The summed E-state index contributed by atoms with van der Waals surface area (Å²) in [5.41, 5.74) is 0.609. The zero-order chi connectivity index (χ0) is 19.1. The lowest BCUT2D eigenvalue weighted by molar-refractivity contribution is -0.126. The number of likely N-dealkylation sites (tertiary alicyclic amines) is 1. The molecule has 0 aliphatic carbocycles. The lowest BCUT2D eigenvalue weighted by atomic mass is 9.96. The first-order valence-corrected chi connectivity index (χ1v) is 9.78. The van der Waals surface area contributed by atoms with Crippen molar-refractivity contribution in [1.29, 1.82) is 0 Å². The van der Waals surface area contributed by atoms with E-state index in [4.69, 9.17) is 4.74 Å². The summed E-state index contributed by atoms with van der Waals surface area (Å²) in [7, 11) is 0. The highest BCUT2D eigenvalue weighted by Gasteiger charge is 2.28. The molecule has 0 spiro atoms. The normalized spacial score (nSPS) is 18.9. The van der Waals surface area contributed by atoms with E-state index in [2.05, 4.69) is 10.6 Å². The quantitative estimate of drug-likeness (QED) is 0.825. The third kappa shape index (κ3) is 5.66. The van der Waals surface area contributed by atoms with Gasteiger partial charge in [-0.3, -0.25) is 4.79 Å². The second kappa shape index (κ2) is 9.69. The molecular formula is C20H28FN3O3. The maximum Gasteiger partial charge on any atom is 0.317 e. The molecule has 0 saturated carbocycles. The molecule has 2 aliphatic rings. The van der Waals surface area contributed by atoms with Crippen molar-refractivity contribution >= 4 is 11.9 Å². The molecule has 0 radical (unpaired) electrons. The average molecular weight is 377 g/mol. The summed E-state index contributed by atoms with van der Waals surface area (Å²) >= 11 is 0. The van der Waals surface area contributed by atoms with Crippen molar-refractivity contribution in [3.05, 3.63) is 35.6 Å². The van der Waals surface area contributed by atoms with E-state index in [0.717, 1.165) is 12.8 Å². The number of urea groups is 1. The number of benzene rings is 1. The molecule has 1 aromatic rings. The molecule has 2 saturated heterocycles. The van der Waals surface area contributed by atoms with Crippen molar-refractivity contribution in [2.45, 2.75) is 38.1 Å². The molecule has 6 nitrogen and oxygen atoms in total. The van der Waals surface area contributed by atoms with Crippen LogP contribution in [0.2, 0.25) is 0 Å². The molecule has 1 aromatic carbocycles. The Labute approximate surface area is 159 Å². The van der Waals surface area contributed by atoms with E-state index < -0.39 is 0 Å². The number of carbonyl (C=O) groups excluding carboxylic acids is 2. The zero-order valence-corrected chi connectivity index (χ0v) is 15.6. The minimum atomic E-state index is -0.240. The second-order valence-corrected chi connectivity index (χ2v) is 7.23. The Balaban J connectivity index is 1.36. The number of hydrogen-bond donors (Lipinski definition) is 2. The fraction of sp³-hybridized carbons (Fsp3) is 0.600. The van der Waals surface area contributed by atoms with Gasteiger partial charge in [-0.05, 0) is 43.7 Å². The fourth-order valence-corrected chi connectivity index (χ4v) is 3.62. The maximum atomic E-state index is 13.6. The summed E-state index contributed by atoms with van der Waals surface area (Å²) < 4.78 is 18.9. The van der Waals surface area contributed by atoms with Crippen LogP contribution < -0.4 is 10.6 Å². The third-order valence-corrected chi connectivity index (χ3v) is 5.35. The molecule has 2 heterocycles. The molecule has 3 amide bonds. The fourth-order valence-electron chi connectivity index (χ4n) is 3.62. The van der Waals surface area contributed by atoms with E-state index in [1.165, 1.54) is 6.07 Å². The zero-order valence-electron chi connectivity index (χ0n) is 15.6. The number of nitrogens with one attached hydrogen (secondary N) is 2. The van der Waals surface area contributed by atoms with Gasteiger partial charge >= 0.3 is 6.03 Å². The van der Waals surface area contributed by atoms with E-state index in [1.807, 2.05) is 0 Å². The summed E-state index contributed by atoms with van der Waals surface area (Å²) in [6.45, 7) is 2.98. The molecule has 2 aliphatic heterocycles. The van der Waals surface area contributed by atoms with Crippen molar-refractivity contribution in [1.82, 2.24) is 15.5 Å². The van der Waals surface area contributed by atoms with E-state index in [-0.39, 0.29) is 29.7 Å². The highest BCUT2D eigenvalue weighted by molar-refractivity contribution is 5.79. The summed E-state index contributed by atoms with van der Waals surface area (Å²) in [5.74, 6) is -0.329. The van der Waals surface area contributed by atoms with Crippen LogP contribution in [0, 0.1) is 11.7 Å². The Morgan fingerprint density at radius 1 is 1.11 bits per heavy atom. The highest BCUT2D eigenvalue weighted by Crippen LogP contribution is 2.18. The van der Waals surface area contributed by atoms with Crippen molar-refractivity contribution in [2.75, 3.05) is 32.8 Å². The van der Waals surface area contributed by atoms with Gasteiger partial charge in [0, 0.05) is 44.8 Å². The largest absolute Gasteiger partial charge is 0.381 e. The van der Waals surface area contributed by atoms with E-state index >= 15 is 0 Å². The lowest BCUT2D eigenvalue weighted by Gasteiger charge is -2.33. The van der Waals surface area contributed by atoms with Gasteiger partial charge in [-0.15, -0.1) is 0 Å². The van der Waals surface area contributed by atoms with Crippen LogP contribution in [0.5, 0.6) is 0 Å². The van der Waals surface area contributed by atoms with Crippen LogP contribution in [0.15, 0.2) is 24.3 Å². The molecule has 0 unspecified atom stereocenters. The van der Waals surface area contributed by atoms with Crippen molar-refractivity contribution in [2.24, 2.45) is 5.92 Å². The van der Waals surface area contributed by atoms with E-state index in [1.54, 1.807) is 23.1 Å². The predicted molar refractivity (Wildman–Crippen MR) is 99.8 cm³/mol. The topological polar surface area (TPSA) is 70.7 Å². The molecule has 3 rings (SSSR count). The number of rotatable bonds is 5. The summed E-state index contributed by atoms with van der Waals surface area (Å²) in [5, 5.41) is 5.96. The van der Waals surface area contributed by atoms with Crippen LogP contribution >= 0.6 is 0 Å². The van der Waals surface area contributed by atoms with Crippen LogP contribution in [0.3, 0.4) is 0 Å². The van der Waals surface area contributed by atoms with Gasteiger partial charge in [0.1, 0.15) is 5.82 Å². The van der Waals surface area contributed by atoms with Gasteiger partial charge in [0.2, 0.25) is 5.91 Å². The van der Waals surface area contributed by atoms with Gasteiger partial charge in [0.25, 0.3) is 0 Å². The van der Waals surface area contributed by atoms with Gasteiger partial charge in [0.15, 0.2) is 0 Å². The number of amides is 3. The lowest BCUT2D eigenvalue weighted by Crippen LogP contribution is -2.50. The highest BCUT2D eigenvalue weighted by atomic mass is 19.1. The van der Waals surface area contributed by atoms with E-state index in [0.29, 0.717) is 57.7 Å². The molecule has 27 heavy (non-hydrogen) atoms. The van der Waals surface area contributed by atoms with Crippen LogP contribution in [0.4, 0.5) is 9.18 Å². The number of halogens is 1. The molecule has 2 fully saturated rings. The Kier molecular flexibility index (Phi) is 7.04. The summed E-state index contributed by atoms with van der Waals surface area (Å²) in [6.07, 6.45) is 3.50. The Morgan fingerprint density at radius 3 is 2.52 bits per heavy atom. The number of carbonyl (C=O) groups is 2. The number of hydrogen-bond acceptors (Lipinski definition) is 3.